The number of nitrogens with zero attached hydrogens (tertiary/aromatic N) is 2. The number of carbonyl (C=O) groups is 3. The quantitative estimate of drug-likeness (QED) is 0.431. The largest absolute Gasteiger partial charge is 0.480 e. The molecule has 31 heavy (non-hydrogen) atoms. The molecule has 3 rings (SSSR count). The van der Waals surface area contributed by atoms with Crippen LogP contribution in [0.5, 0.6) is 0 Å². The van der Waals surface area contributed by atoms with Crippen molar-refractivity contribution in [2.24, 2.45) is 5.73 Å². The van der Waals surface area contributed by atoms with Gasteiger partial charge < -0.3 is 15.7 Å². The lowest BCUT2D eigenvalue weighted by atomic mass is 9.81. The minimum absolute atomic E-state index is 0. The summed E-state index contributed by atoms with van der Waals surface area (Å²) in [6, 6.07) is 17.6. The number of urea groups is 1. The van der Waals surface area contributed by atoms with Crippen molar-refractivity contribution in [3.8, 4) is 0 Å². The molecule has 166 valence electrons. The first kappa shape index (κ1) is 24.4. The van der Waals surface area contributed by atoms with E-state index in [2.05, 4.69) is 0 Å². The summed E-state index contributed by atoms with van der Waals surface area (Å²) in [5.41, 5.74) is 5.46. The smallest absolute Gasteiger partial charge is 0.328 e. The van der Waals surface area contributed by atoms with Crippen LogP contribution in [-0.4, -0.2) is 52.4 Å². The molecular weight excluding hydrogens is 418 g/mol. The van der Waals surface area contributed by atoms with E-state index in [9.17, 15) is 19.5 Å². The van der Waals surface area contributed by atoms with Gasteiger partial charge in [-0.2, -0.15) is 0 Å². The molecule has 2 aromatic rings. The maximum atomic E-state index is 13.7. The normalized spacial score (nSPS) is 15.1. The molecule has 7 nitrogen and oxygen atoms in total. The van der Waals surface area contributed by atoms with Gasteiger partial charge in [0.25, 0.3) is 5.91 Å². The third kappa shape index (κ3) is 4.73. The van der Waals surface area contributed by atoms with Gasteiger partial charge in [0, 0.05) is 6.54 Å². The maximum absolute atomic E-state index is 13.7. The molecule has 0 radical (unpaired) electrons. The number of carboxylic acid groups (broad SMARTS) is 1. The van der Waals surface area contributed by atoms with Crippen LogP contribution in [0.15, 0.2) is 60.7 Å². The van der Waals surface area contributed by atoms with Crippen molar-refractivity contribution in [3.05, 3.63) is 71.8 Å². The zero-order valence-corrected chi connectivity index (χ0v) is 18.1. The lowest BCUT2D eigenvalue weighted by molar-refractivity contribution is -0.142. The first-order valence-corrected chi connectivity index (χ1v) is 10.2. The number of amides is 3. The number of benzene rings is 2. The molecule has 1 fully saturated rings. The number of hydrogen-bond acceptors (Lipinski definition) is 4. The Morgan fingerprint density at radius 2 is 1.39 bits per heavy atom. The fourth-order valence-corrected chi connectivity index (χ4v) is 4.08. The molecule has 0 saturated carbocycles. The van der Waals surface area contributed by atoms with E-state index in [1.165, 1.54) is 4.90 Å². The number of carboxylic acids is 1. The van der Waals surface area contributed by atoms with Crippen molar-refractivity contribution in [3.63, 3.8) is 0 Å². The van der Waals surface area contributed by atoms with Gasteiger partial charge in [-0.15, -0.1) is 12.4 Å². The zero-order valence-electron chi connectivity index (χ0n) is 17.3. The lowest BCUT2D eigenvalue weighted by Crippen LogP contribution is -2.48. The van der Waals surface area contributed by atoms with Gasteiger partial charge in [0.05, 0.1) is 0 Å². The number of hydrogen-bond donors (Lipinski definition) is 2. The summed E-state index contributed by atoms with van der Waals surface area (Å²) >= 11 is 0. The molecular formula is C23H28ClN3O4. The van der Waals surface area contributed by atoms with Gasteiger partial charge in [-0.05, 0) is 30.5 Å². The summed E-state index contributed by atoms with van der Waals surface area (Å²) in [7, 11) is 0. The highest BCUT2D eigenvalue weighted by Gasteiger charge is 2.59. The molecule has 3 amide bonds. The highest BCUT2D eigenvalue weighted by molar-refractivity contribution is 6.11. The van der Waals surface area contributed by atoms with Gasteiger partial charge in [-0.1, -0.05) is 73.5 Å². The van der Waals surface area contributed by atoms with Crippen molar-refractivity contribution in [1.82, 2.24) is 9.80 Å². The Morgan fingerprint density at radius 1 is 0.871 bits per heavy atom. The molecule has 1 saturated heterocycles. The summed E-state index contributed by atoms with van der Waals surface area (Å²) in [6.45, 7) is 0.295. The summed E-state index contributed by atoms with van der Waals surface area (Å²) < 4.78 is 0. The summed E-state index contributed by atoms with van der Waals surface area (Å²) in [5.74, 6) is -1.76. The summed E-state index contributed by atoms with van der Waals surface area (Å²) in [6.07, 6.45) is 3.41. The van der Waals surface area contributed by atoms with Crippen LogP contribution in [0.1, 0.15) is 36.8 Å². The van der Waals surface area contributed by atoms with Crippen LogP contribution in [0.3, 0.4) is 0 Å². The van der Waals surface area contributed by atoms with Crippen molar-refractivity contribution >= 4 is 30.3 Å². The molecule has 0 aromatic heterocycles. The van der Waals surface area contributed by atoms with E-state index in [-0.39, 0.29) is 12.4 Å². The average Bonchev–Trinajstić information content (AvgIpc) is 2.96. The Labute approximate surface area is 188 Å². The predicted molar refractivity (Wildman–Crippen MR) is 120 cm³/mol. The first-order valence-electron chi connectivity index (χ1n) is 10.2. The van der Waals surface area contributed by atoms with Crippen molar-refractivity contribution < 1.29 is 19.5 Å². The number of nitrogens with two attached hydrogens (primary N) is 1. The molecule has 0 bridgehead atoms. The zero-order chi connectivity index (χ0) is 21.6. The molecule has 2 aromatic carbocycles. The Kier molecular flexibility index (Phi) is 8.59. The molecule has 0 unspecified atom stereocenters. The van der Waals surface area contributed by atoms with E-state index in [0.29, 0.717) is 30.6 Å². The third-order valence-electron chi connectivity index (χ3n) is 5.43. The van der Waals surface area contributed by atoms with E-state index >= 15 is 0 Å². The number of halogens is 1. The third-order valence-corrected chi connectivity index (χ3v) is 5.43. The Morgan fingerprint density at radius 3 is 1.87 bits per heavy atom. The van der Waals surface area contributed by atoms with Gasteiger partial charge in [-0.3, -0.25) is 14.5 Å². The molecule has 1 heterocycles. The predicted octanol–water partition coefficient (Wildman–Crippen LogP) is 3.22. The SMILES string of the molecule is Cl.NCCCCCCN1C(=O)N(CC(=O)O)C(=O)C1(c1ccccc1)c1ccccc1. The number of unbranched alkanes of at least 4 members (excludes halogenated alkanes) is 3. The summed E-state index contributed by atoms with van der Waals surface area (Å²) in [5, 5.41) is 9.30. The average molecular weight is 446 g/mol. The minimum atomic E-state index is -1.39. The summed E-state index contributed by atoms with van der Waals surface area (Å²) in [4.78, 5) is 40.8. The van der Waals surface area contributed by atoms with Crippen molar-refractivity contribution in [2.75, 3.05) is 19.6 Å². The van der Waals surface area contributed by atoms with E-state index in [1.807, 2.05) is 60.7 Å². The highest BCUT2D eigenvalue weighted by Crippen LogP contribution is 2.43. The lowest BCUT2D eigenvalue weighted by Gasteiger charge is -2.36. The number of rotatable bonds is 10. The molecule has 0 aliphatic carbocycles. The molecule has 0 spiro atoms. The van der Waals surface area contributed by atoms with Gasteiger partial charge in [0.2, 0.25) is 0 Å². The van der Waals surface area contributed by atoms with Crippen LogP contribution in [-0.2, 0) is 15.1 Å². The van der Waals surface area contributed by atoms with Gasteiger partial charge in [0.15, 0.2) is 5.54 Å². The van der Waals surface area contributed by atoms with Crippen LogP contribution in [0.25, 0.3) is 0 Å². The van der Waals surface area contributed by atoms with Crippen molar-refractivity contribution in [1.29, 1.82) is 0 Å². The standard InChI is InChI=1S/C23H27N3O4.ClH/c24-15-9-1-2-10-16-26-22(30)25(17-20(27)28)21(29)23(26,18-11-5-3-6-12-18)19-13-7-4-8-14-19;/h3-8,11-14H,1-2,9-10,15-17,24H2,(H,27,28);1H. The second-order valence-corrected chi connectivity index (χ2v) is 7.36. The van der Waals surface area contributed by atoms with E-state index in [4.69, 9.17) is 5.73 Å². The number of aliphatic carboxylic acids is 1. The second-order valence-electron chi connectivity index (χ2n) is 7.36. The molecule has 1 aliphatic rings. The van der Waals surface area contributed by atoms with Gasteiger partial charge >= 0.3 is 12.0 Å². The monoisotopic (exact) mass is 445 g/mol. The maximum Gasteiger partial charge on any atom is 0.328 e. The fraction of sp³-hybridized carbons (Fsp3) is 0.348. The molecule has 3 N–H and O–H groups in total. The van der Waals surface area contributed by atoms with Gasteiger partial charge in [0.1, 0.15) is 6.54 Å². The second kappa shape index (κ2) is 10.9. The highest BCUT2D eigenvalue weighted by atomic mass is 35.5. The van der Waals surface area contributed by atoms with Crippen LogP contribution in [0, 0.1) is 0 Å². The van der Waals surface area contributed by atoms with Crippen LogP contribution in [0.2, 0.25) is 0 Å². The Balaban J connectivity index is 0.00000341. The minimum Gasteiger partial charge on any atom is -0.480 e. The number of imide groups is 1. The van der Waals surface area contributed by atoms with Crippen LogP contribution < -0.4 is 5.73 Å². The van der Waals surface area contributed by atoms with E-state index < -0.39 is 30.0 Å². The van der Waals surface area contributed by atoms with Crippen LogP contribution >= 0.6 is 12.4 Å². The van der Waals surface area contributed by atoms with Crippen LogP contribution in [0.4, 0.5) is 4.79 Å². The molecule has 0 atom stereocenters. The molecule has 1 aliphatic heterocycles. The topological polar surface area (TPSA) is 104 Å². The number of carbonyl (C=O) groups excluding carboxylic acids is 2. The Hall–Kier alpha value is -2.90. The van der Waals surface area contributed by atoms with E-state index in [1.54, 1.807) is 0 Å². The van der Waals surface area contributed by atoms with Crippen molar-refractivity contribution in [2.45, 2.75) is 31.2 Å². The fourth-order valence-electron chi connectivity index (χ4n) is 4.08. The van der Waals surface area contributed by atoms with Gasteiger partial charge in [-0.25, -0.2) is 4.79 Å². The molecule has 8 heteroatoms. The first-order chi connectivity index (χ1) is 14.5. The van der Waals surface area contributed by atoms with E-state index in [0.717, 1.165) is 24.2 Å². The Bertz CT molecular complexity index is 853.